The molecule has 4 heteroatoms. The Labute approximate surface area is 136 Å². The van der Waals surface area contributed by atoms with Crippen molar-refractivity contribution < 1.29 is 4.79 Å². The SMILES string of the molecule is CCCCN1C(C)=C(C)S/C1=C\C(=O)c1ccc(C#N)cc1. The van der Waals surface area contributed by atoms with Gasteiger partial charge >= 0.3 is 0 Å². The maximum absolute atomic E-state index is 12.4. The van der Waals surface area contributed by atoms with Crippen LogP contribution in [0.1, 0.15) is 49.5 Å². The van der Waals surface area contributed by atoms with Gasteiger partial charge in [0, 0.05) is 28.8 Å². The third-order valence-corrected chi connectivity index (χ3v) is 4.88. The number of carbonyl (C=O) groups is 1. The number of rotatable bonds is 5. The first-order valence-electron chi connectivity index (χ1n) is 7.46. The topological polar surface area (TPSA) is 44.1 Å². The number of hydrogen-bond acceptors (Lipinski definition) is 4. The highest BCUT2D eigenvalue weighted by Crippen LogP contribution is 2.40. The summed E-state index contributed by atoms with van der Waals surface area (Å²) in [6.07, 6.45) is 3.94. The molecule has 0 aliphatic carbocycles. The van der Waals surface area contributed by atoms with Gasteiger partial charge in [0.15, 0.2) is 5.78 Å². The van der Waals surface area contributed by atoms with Crippen molar-refractivity contribution in [1.29, 1.82) is 5.26 Å². The van der Waals surface area contributed by atoms with Crippen molar-refractivity contribution in [2.75, 3.05) is 6.54 Å². The molecule has 1 aromatic carbocycles. The summed E-state index contributed by atoms with van der Waals surface area (Å²) in [6, 6.07) is 8.84. The second-order valence-corrected chi connectivity index (χ2v) is 6.52. The fourth-order valence-electron chi connectivity index (χ4n) is 2.25. The van der Waals surface area contributed by atoms with Gasteiger partial charge in [-0.2, -0.15) is 5.26 Å². The first-order chi connectivity index (χ1) is 10.6. The van der Waals surface area contributed by atoms with Crippen LogP contribution in [-0.2, 0) is 0 Å². The minimum atomic E-state index is -0.0176. The zero-order valence-electron chi connectivity index (χ0n) is 13.2. The van der Waals surface area contributed by atoms with Crippen molar-refractivity contribution >= 4 is 17.5 Å². The van der Waals surface area contributed by atoms with Crippen LogP contribution in [-0.4, -0.2) is 17.2 Å². The van der Waals surface area contributed by atoms with Crippen molar-refractivity contribution in [2.24, 2.45) is 0 Å². The van der Waals surface area contributed by atoms with Gasteiger partial charge in [-0.25, -0.2) is 0 Å². The summed E-state index contributed by atoms with van der Waals surface area (Å²) in [6.45, 7) is 7.30. The summed E-state index contributed by atoms with van der Waals surface area (Å²) in [7, 11) is 0. The lowest BCUT2D eigenvalue weighted by molar-refractivity contribution is 0.104. The van der Waals surface area contributed by atoms with Gasteiger partial charge in [-0.15, -0.1) is 0 Å². The lowest BCUT2D eigenvalue weighted by Crippen LogP contribution is -2.18. The second-order valence-electron chi connectivity index (χ2n) is 5.28. The number of hydrogen-bond donors (Lipinski definition) is 0. The van der Waals surface area contributed by atoms with E-state index in [1.807, 2.05) is 0 Å². The molecule has 0 aromatic heterocycles. The lowest BCUT2D eigenvalue weighted by Gasteiger charge is -2.21. The molecule has 0 radical (unpaired) electrons. The van der Waals surface area contributed by atoms with Crippen LogP contribution in [0.4, 0.5) is 0 Å². The molecule has 2 rings (SSSR count). The average Bonchev–Trinajstić information content (AvgIpc) is 2.79. The number of thioether (sulfide) groups is 1. The van der Waals surface area contributed by atoms with Gasteiger partial charge in [0.1, 0.15) is 0 Å². The van der Waals surface area contributed by atoms with Crippen LogP contribution in [0.5, 0.6) is 0 Å². The Morgan fingerprint density at radius 2 is 2.00 bits per heavy atom. The van der Waals surface area contributed by atoms with E-state index in [9.17, 15) is 4.79 Å². The van der Waals surface area contributed by atoms with Crippen molar-refractivity contribution in [3.8, 4) is 6.07 Å². The Balaban J connectivity index is 2.19. The number of carbonyl (C=O) groups excluding carboxylic acids is 1. The van der Waals surface area contributed by atoms with Gasteiger partial charge in [0.05, 0.1) is 16.7 Å². The molecule has 1 aliphatic rings. The monoisotopic (exact) mass is 312 g/mol. The average molecular weight is 312 g/mol. The number of nitriles is 1. The van der Waals surface area contributed by atoms with Crippen LogP contribution >= 0.6 is 11.8 Å². The van der Waals surface area contributed by atoms with Crippen molar-refractivity contribution in [3.63, 3.8) is 0 Å². The smallest absolute Gasteiger partial charge is 0.188 e. The quantitative estimate of drug-likeness (QED) is 0.585. The molecule has 22 heavy (non-hydrogen) atoms. The predicted octanol–water partition coefficient (Wildman–Crippen LogP) is 4.68. The lowest BCUT2D eigenvalue weighted by atomic mass is 10.1. The van der Waals surface area contributed by atoms with Crippen LogP contribution in [0.3, 0.4) is 0 Å². The molecule has 1 aliphatic heterocycles. The minimum absolute atomic E-state index is 0.0176. The van der Waals surface area contributed by atoms with Crippen LogP contribution in [0.25, 0.3) is 0 Å². The highest BCUT2D eigenvalue weighted by molar-refractivity contribution is 8.06. The van der Waals surface area contributed by atoms with Crippen LogP contribution in [0, 0.1) is 11.3 Å². The molecule has 1 heterocycles. The van der Waals surface area contributed by atoms with Gasteiger partial charge < -0.3 is 4.90 Å². The summed E-state index contributed by atoms with van der Waals surface area (Å²) in [5.74, 6) is -0.0176. The Morgan fingerprint density at radius 3 is 2.59 bits per heavy atom. The fraction of sp³-hybridized carbons (Fsp3) is 0.333. The van der Waals surface area contributed by atoms with Gasteiger partial charge in [0.2, 0.25) is 0 Å². The van der Waals surface area contributed by atoms with Gasteiger partial charge in [-0.05, 0) is 44.5 Å². The molecular weight excluding hydrogens is 292 g/mol. The number of nitrogens with zero attached hydrogens (tertiary/aromatic N) is 2. The standard InChI is InChI=1S/C18H20N2OS/c1-4-5-10-20-13(2)14(3)22-18(20)11-17(21)16-8-6-15(12-19)7-9-16/h6-9,11H,4-5,10H2,1-3H3/b18-11-. The Morgan fingerprint density at radius 1 is 1.32 bits per heavy atom. The van der Waals surface area contributed by atoms with E-state index in [1.54, 1.807) is 42.1 Å². The highest BCUT2D eigenvalue weighted by atomic mass is 32.2. The van der Waals surface area contributed by atoms with Crippen molar-refractivity contribution in [3.05, 3.63) is 57.1 Å². The van der Waals surface area contributed by atoms with E-state index >= 15 is 0 Å². The summed E-state index contributed by atoms with van der Waals surface area (Å²) in [5.41, 5.74) is 2.42. The molecule has 0 N–H and O–H groups in total. The van der Waals surface area contributed by atoms with E-state index in [0.717, 1.165) is 24.4 Å². The molecule has 0 amide bonds. The second kappa shape index (κ2) is 7.33. The minimum Gasteiger partial charge on any atom is -0.339 e. The Hall–Kier alpha value is -1.99. The number of ketones is 1. The summed E-state index contributed by atoms with van der Waals surface area (Å²) in [5, 5.41) is 9.81. The normalized spacial score (nSPS) is 16.3. The number of allylic oxidation sites excluding steroid dienone is 3. The zero-order chi connectivity index (χ0) is 16.1. The van der Waals surface area contributed by atoms with Crippen molar-refractivity contribution in [2.45, 2.75) is 33.6 Å². The molecule has 0 fully saturated rings. The van der Waals surface area contributed by atoms with E-state index in [-0.39, 0.29) is 5.78 Å². The Bertz CT molecular complexity index is 665. The molecule has 0 bridgehead atoms. The van der Waals surface area contributed by atoms with E-state index in [0.29, 0.717) is 11.1 Å². The van der Waals surface area contributed by atoms with Crippen LogP contribution in [0.2, 0.25) is 0 Å². The first-order valence-corrected chi connectivity index (χ1v) is 8.27. The number of unbranched alkanes of at least 4 members (excludes halogenated alkanes) is 1. The molecule has 0 saturated carbocycles. The molecule has 0 spiro atoms. The Kier molecular flexibility index (Phi) is 5.46. The summed E-state index contributed by atoms with van der Waals surface area (Å²) >= 11 is 1.66. The highest BCUT2D eigenvalue weighted by Gasteiger charge is 2.23. The van der Waals surface area contributed by atoms with E-state index in [1.165, 1.54) is 10.6 Å². The van der Waals surface area contributed by atoms with Crippen LogP contribution < -0.4 is 0 Å². The maximum atomic E-state index is 12.4. The molecule has 114 valence electrons. The van der Waals surface area contributed by atoms with Gasteiger partial charge in [-0.1, -0.05) is 25.1 Å². The van der Waals surface area contributed by atoms with Crippen molar-refractivity contribution in [1.82, 2.24) is 4.90 Å². The molecule has 1 aromatic rings. The third kappa shape index (κ3) is 3.61. The largest absolute Gasteiger partial charge is 0.339 e. The molecule has 0 saturated heterocycles. The maximum Gasteiger partial charge on any atom is 0.188 e. The zero-order valence-corrected chi connectivity index (χ0v) is 14.0. The van der Waals surface area contributed by atoms with Crippen LogP contribution in [0.15, 0.2) is 46.0 Å². The third-order valence-electron chi connectivity index (χ3n) is 3.73. The van der Waals surface area contributed by atoms with E-state index < -0.39 is 0 Å². The van der Waals surface area contributed by atoms with E-state index in [4.69, 9.17) is 5.26 Å². The summed E-state index contributed by atoms with van der Waals surface area (Å²) in [4.78, 5) is 15.9. The fourth-order valence-corrected chi connectivity index (χ4v) is 3.32. The molecular formula is C18H20N2OS. The molecule has 3 nitrogen and oxygen atoms in total. The van der Waals surface area contributed by atoms with Gasteiger partial charge in [0.25, 0.3) is 0 Å². The number of benzene rings is 1. The predicted molar refractivity (Wildman–Crippen MR) is 91.1 cm³/mol. The first kappa shape index (κ1) is 16.4. The van der Waals surface area contributed by atoms with Gasteiger partial charge in [-0.3, -0.25) is 4.79 Å². The molecule has 0 unspecified atom stereocenters. The molecule has 0 atom stereocenters. The van der Waals surface area contributed by atoms with E-state index in [2.05, 4.69) is 31.7 Å². The summed E-state index contributed by atoms with van der Waals surface area (Å²) < 4.78 is 0.